The van der Waals surface area contributed by atoms with Gasteiger partial charge < -0.3 is 10.6 Å². The predicted octanol–water partition coefficient (Wildman–Crippen LogP) is 3.35. The molecule has 5 nitrogen and oxygen atoms in total. The maximum Gasteiger partial charge on any atom is 0.313 e. The van der Waals surface area contributed by atoms with Crippen molar-refractivity contribution in [1.82, 2.24) is 5.32 Å². The Bertz CT molecular complexity index is 805. The third kappa shape index (κ3) is 4.28. The van der Waals surface area contributed by atoms with Crippen molar-refractivity contribution in [2.24, 2.45) is 5.92 Å². The Labute approximate surface area is 153 Å². The molecular weight excluding hydrogens is 326 g/mol. The van der Waals surface area contributed by atoms with Crippen LogP contribution >= 0.6 is 0 Å². The first-order chi connectivity index (χ1) is 12.7. The summed E-state index contributed by atoms with van der Waals surface area (Å²) in [5.74, 6) is -0.940. The molecule has 1 aliphatic carbocycles. The quantitative estimate of drug-likeness (QED) is 0.814. The van der Waals surface area contributed by atoms with Crippen molar-refractivity contribution >= 4 is 17.5 Å². The number of benzene rings is 2. The molecule has 0 bridgehead atoms. The highest BCUT2D eigenvalue weighted by Crippen LogP contribution is 2.37. The number of anilines is 1. The van der Waals surface area contributed by atoms with E-state index in [0.717, 1.165) is 30.4 Å². The molecule has 0 spiro atoms. The minimum Gasteiger partial charge on any atom is -0.341 e. The van der Waals surface area contributed by atoms with E-state index in [2.05, 4.69) is 16.7 Å². The molecule has 0 saturated heterocycles. The fourth-order valence-corrected chi connectivity index (χ4v) is 3.10. The molecule has 26 heavy (non-hydrogen) atoms. The number of rotatable bonds is 5. The molecule has 3 rings (SSSR count). The lowest BCUT2D eigenvalue weighted by Gasteiger charge is -2.34. The standard InChI is InChI=1S/C21H21N3O2/c22-14-13-15-9-11-18(12-10-15)23-20(25)21(26)24-19(17-7-4-8-17)16-5-2-1-3-6-16/h1-3,5-6,9-12,17,19H,4,7-8,13H2,(H,23,25)(H,24,26)/t19-/m0/s1. The van der Waals surface area contributed by atoms with E-state index in [4.69, 9.17) is 5.26 Å². The van der Waals surface area contributed by atoms with Crippen molar-refractivity contribution < 1.29 is 9.59 Å². The fourth-order valence-electron chi connectivity index (χ4n) is 3.10. The zero-order chi connectivity index (χ0) is 18.4. The fraction of sp³-hybridized carbons (Fsp3) is 0.286. The van der Waals surface area contributed by atoms with Crippen LogP contribution in [0.1, 0.15) is 36.4 Å². The first-order valence-electron chi connectivity index (χ1n) is 8.80. The normalized spacial score (nSPS) is 14.6. The number of hydrogen-bond acceptors (Lipinski definition) is 3. The smallest absolute Gasteiger partial charge is 0.313 e. The number of hydrogen-bond donors (Lipinski definition) is 2. The molecule has 132 valence electrons. The molecule has 0 heterocycles. The molecule has 0 aliphatic heterocycles. The molecule has 0 unspecified atom stereocenters. The van der Waals surface area contributed by atoms with Crippen LogP contribution in [0.3, 0.4) is 0 Å². The molecule has 0 aromatic heterocycles. The first kappa shape index (κ1) is 17.7. The van der Waals surface area contributed by atoms with Gasteiger partial charge in [0.05, 0.1) is 18.5 Å². The summed E-state index contributed by atoms with van der Waals surface area (Å²) in [5, 5.41) is 14.2. The second-order valence-electron chi connectivity index (χ2n) is 6.54. The summed E-state index contributed by atoms with van der Waals surface area (Å²) in [7, 11) is 0. The highest BCUT2D eigenvalue weighted by atomic mass is 16.2. The van der Waals surface area contributed by atoms with Crippen molar-refractivity contribution in [3.8, 4) is 6.07 Å². The summed E-state index contributed by atoms with van der Waals surface area (Å²) in [4.78, 5) is 24.6. The van der Waals surface area contributed by atoms with Crippen molar-refractivity contribution in [2.75, 3.05) is 5.32 Å². The Morgan fingerprint density at radius 3 is 2.31 bits per heavy atom. The van der Waals surface area contributed by atoms with Gasteiger partial charge in [-0.3, -0.25) is 9.59 Å². The highest BCUT2D eigenvalue weighted by molar-refractivity contribution is 6.39. The van der Waals surface area contributed by atoms with Crippen LogP contribution in [0.5, 0.6) is 0 Å². The lowest BCUT2D eigenvalue weighted by atomic mass is 9.77. The molecule has 1 aliphatic rings. The van der Waals surface area contributed by atoms with E-state index in [9.17, 15) is 9.59 Å². The van der Waals surface area contributed by atoms with Gasteiger partial charge in [0.25, 0.3) is 0 Å². The van der Waals surface area contributed by atoms with E-state index in [0.29, 0.717) is 18.0 Å². The second kappa shape index (κ2) is 8.30. The average molecular weight is 347 g/mol. The topological polar surface area (TPSA) is 82.0 Å². The van der Waals surface area contributed by atoms with Crippen LogP contribution in [0, 0.1) is 17.2 Å². The zero-order valence-corrected chi connectivity index (χ0v) is 14.4. The maximum absolute atomic E-state index is 12.4. The molecule has 1 saturated carbocycles. The van der Waals surface area contributed by atoms with E-state index in [1.807, 2.05) is 30.3 Å². The lowest BCUT2D eigenvalue weighted by molar-refractivity contribution is -0.137. The van der Waals surface area contributed by atoms with Crippen molar-refractivity contribution in [3.63, 3.8) is 0 Å². The van der Waals surface area contributed by atoms with Gasteiger partial charge in [-0.1, -0.05) is 48.9 Å². The molecule has 5 heteroatoms. The van der Waals surface area contributed by atoms with Crippen molar-refractivity contribution in [1.29, 1.82) is 5.26 Å². The van der Waals surface area contributed by atoms with Gasteiger partial charge in [-0.05, 0) is 42.0 Å². The largest absolute Gasteiger partial charge is 0.341 e. The first-order valence-corrected chi connectivity index (χ1v) is 8.80. The Balaban J connectivity index is 1.63. The summed E-state index contributed by atoms with van der Waals surface area (Å²) in [6.45, 7) is 0. The molecule has 2 aromatic rings. The molecule has 2 N–H and O–H groups in total. The second-order valence-corrected chi connectivity index (χ2v) is 6.54. The van der Waals surface area contributed by atoms with Gasteiger partial charge in [0.15, 0.2) is 0 Å². The summed E-state index contributed by atoms with van der Waals surface area (Å²) in [6.07, 6.45) is 3.59. The summed E-state index contributed by atoms with van der Waals surface area (Å²) in [6, 6.07) is 18.6. The minimum atomic E-state index is -0.682. The van der Waals surface area contributed by atoms with Gasteiger partial charge in [-0.15, -0.1) is 0 Å². The summed E-state index contributed by atoms with van der Waals surface area (Å²) >= 11 is 0. The van der Waals surface area contributed by atoms with Gasteiger partial charge in [0, 0.05) is 5.69 Å². The van der Waals surface area contributed by atoms with Gasteiger partial charge in [0.1, 0.15) is 0 Å². The van der Waals surface area contributed by atoms with Gasteiger partial charge in [-0.25, -0.2) is 0 Å². The van der Waals surface area contributed by atoms with E-state index in [1.165, 1.54) is 0 Å². The molecule has 1 atom stereocenters. The Kier molecular flexibility index (Phi) is 5.65. The molecule has 1 fully saturated rings. The average Bonchev–Trinajstić information content (AvgIpc) is 2.62. The third-order valence-corrected chi connectivity index (χ3v) is 4.77. The van der Waals surface area contributed by atoms with Crippen LogP contribution in [-0.4, -0.2) is 11.8 Å². The zero-order valence-electron chi connectivity index (χ0n) is 14.4. The maximum atomic E-state index is 12.4. The Morgan fingerprint density at radius 2 is 1.73 bits per heavy atom. The van der Waals surface area contributed by atoms with Crippen LogP contribution in [0.25, 0.3) is 0 Å². The number of nitrogens with one attached hydrogen (secondary N) is 2. The van der Waals surface area contributed by atoms with Gasteiger partial charge >= 0.3 is 11.8 Å². The van der Waals surface area contributed by atoms with Crippen molar-refractivity contribution in [2.45, 2.75) is 31.7 Å². The van der Waals surface area contributed by atoms with E-state index >= 15 is 0 Å². The number of carbonyl (C=O) groups excluding carboxylic acids is 2. The summed E-state index contributed by atoms with van der Waals surface area (Å²) < 4.78 is 0. The Morgan fingerprint density at radius 1 is 1.04 bits per heavy atom. The molecule has 2 aromatic carbocycles. The van der Waals surface area contributed by atoms with Gasteiger partial charge in [0.2, 0.25) is 0 Å². The SMILES string of the molecule is N#CCc1ccc(NC(=O)C(=O)N[C@@H](c2ccccc2)C2CCC2)cc1. The monoisotopic (exact) mass is 347 g/mol. The summed E-state index contributed by atoms with van der Waals surface area (Å²) in [5.41, 5.74) is 2.43. The van der Waals surface area contributed by atoms with Crippen LogP contribution in [-0.2, 0) is 16.0 Å². The number of nitrogens with zero attached hydrogens (tertiary/aromatic N) is 1. The number of carbonyl (C=O) groups is 2. The van der Waals surface area contributed by atoms with Crippen LogP contribution in [0.2, 0.25) is 0 Å². The van der Waals surface area contributed by atoms with Crippen LogP contribution in [0.4, 0.5) is 5.69 Å². The van der Waals surface area contributed by atoms with Crippen LogP contribution in [0.15, 0.2) is 54.6 Å². The molecule has 0 radical (unpaired) electrons. The minimum absolute atomic E-state index is 0.138. The number of nitriles is 1. The molecular formula is C21H21N3O2. The van der Waals surface area contributed by atoms with Gasteiger partial charge in [-0.2, -0.15) is 5.26 Å². The van der Waals surface area contributed by atoms with E-state index in [-0.39, 0.29) is 6.04 Å². The van der Waals surface area contributed by atoms with Crippen molar-refractivity contribution in [3.05, 3.63) is 65.7 Å². The number of amides is 2. The predicted molar refractivity (Wildman–Crippen MR) is 99.1 cm³/mol. The lowest BCUT2D eigenvalue weighted by Crippen LogP contribution is -2.41. The molecule has 2 amide bonds. The van der Waals surface area contributed by atoms with Crippen LogP contribution < -0.4 is 10.6 Å². The highest BCUT2D eigenvalue weighted by Gasteiger charge is 2.31. The van der Waals surface area contributed by atoms with E-state index < -0.39 is 11.8 Å². The third-order valence-electron chi connectivity index (χ3n) is 4.77. The Hall–Kier alpha value is -3.13. The van der Waals surface area contributed by atoms with E-state index in [1.54, 1.807) is 24.3 Å².